The van der Waals surface area contributed by atoms with Gasteiger partial charge in [-0.25, -0.2) is 0 Å². The number of nitrogens with one attached hydrogen (secondary N) is 2. The van der Waals surface area contributed by atoms with Crippen molar-refractivity contribution < 1.29 is 9.53 Å². The molecule has 2 aliphatic heterocycles. The Balaban J connectivity index is 0.00000220. The van der Waals surface area contributed by atoms with Gasteiger partial charge in [0.25, 0.3) is 0 Å². The number of likely N-dealkylation sites (N-methyl/N-ethyl adjacent to an activating group) is 1. The zero-order chi connectivity index (χ0) is 14.4. The minimum Gasteiger partial charge on any atom is -0.381 e. The molecule has 2 saturated heterocycles. The molecule has 0 saturated carbocycles. The quantitative estimate of drug-likeness (QED) is 0.756. The van der Waals surface area contributed by atoms with Crippen LogP contribution in [0.4, 0.5) is 0 Å². The van der Waals surface area contributed by atoms with Crippen molar-refractivity contribution in [3.05, 3.63) is 0 Å². The second-order valence-corrected chi connectivity index (χ2v) is 7.09. The van der Waals surface area contributed by atoms with Crippen LogP contribution in [0.15, 0.2) is 0 Å². The van der Waals surface area contributed by atoms with Crippen molar-refractivity contribution in [1.29, 1.82) is 0 Å². The lowest BCUT2D eigenvalue weighted by molar-refractivity contribution is -0.122. The first-order valence-corrected chi connectivity index (χ1v) is 8.61. The Morgan fingerprint density at radius 3 is 2.59 bits per heavy atom. The van der Waals surface area contributed by atoms with E-state index < -0.39 is 0 Å². The molecule has 1 unspecified atom stereocenters. The van der Waals surface area contributed by atoms with Crippen LogP contribution in [0, 0.1) is 0 Å². The number of rotatable bonds is 5. The first-order chi connectivity index (χ1) is 9.62. The predicted octanol–water partition coefficient (Wildman–Crippen LogP) is 1.15. The normalized spacial score (nSPS) is 24.0. The smallest absolute Gasteiger partial charge is 0.221 e. The van der Waals surface area contributed by atoms with Crippen LogP contribution in [0.5, 0.6) is 0 Å². The van der Waals surface area contributed by atoms with Crippen molar-refractivity contribution >= 4 is 42.5 Å². The van der Waals surface area contributed by atoms with E-state index in [0.717, 1.165) is 50.7 Å². The minimum absolute atomic E-state index is 0. The molecular formula is C14H29Cl2N3O2S. The van der Waals surface area contributed by atoms with Crippen molar-refractivity contribution in [2.45, 2.75) is 30.8 Å². The van der Waals surface area contributed by atoms with Gasteiger partial charge in [-0.3, -0.25) is 4.79 Å². The Labute approximate surface area is 150 Å². The average Bonchev–Trinajstić information content (AvgIpc) is 2.47. The monoisotopic (exact) mass is 373 g/mol. The van der Waals surface area contributed by atoms with E-state index in [2.05, 4.69) is 29.6 Å². The number of halogens is 2. The lowest BCUT2D eigenvalue weighted by Gasteiger charge is -2.43. The highest BCUT2D eigenvalue weighted by atomic mass is 35.5. The zero-order valence-electron chi connectivity index (χ0n) is 13.4. The first-order valence-electron chi connectivity index (χ1n) is 7.45. The van der Waals surface area contributed by atoms with E-state index in [-0.39, 0.29) is 36.3 Å². The number of nitrogens with zero attached hydrogens (tertiary/aromatic N) is 1. The van der Waals surface area contributed by atoms with E-state index in [4.69, 9.17) is 4.74 Å². The summed E-state index contributed by atoms with van der Waals surface area (Å²) in [6.45, 7) is 3.31. The zero-order valence-corrected chi connectivity index (χ0v) is 15.9. The summed E-state index contributed by atoms with van der Waals surface area (Å²) in [6, 6.07) is 0.332. The molecule has 0 aromatic rings. The molecule has 2 aliphatic rings. The Kier molecular flexibility index (Phi) is 11.1. The van der Waals surface area contributed by atoms with Crippen LogP contribution >= 0.6 is 36.6 Å². The molecule has 0 aromatic carbocycles. The fourth-order valence-corrected chi connectivity index (χ4v) is 3.79. The molecule has 132 valence electrons. The maximum Gasteiger partial charge on any atom is 0.221 e. The topological polar surface area (TPSA) is 53.6 Å². The van der Waals surface area contributed by atoms with Crippen LogP contribution in [0.2, 0.25) is 0 Å². The molecule has 0 aliphatic carbocycles. The summed E-state index contributed by atoms with van der Waals surface area (Å²) in [7, 11) is 4.19. The molecule has 2 rings (SSSR count). The van der Waals surface area contributed by atoms with Gasteiger partial charge in [-0.15, -0.1) is 24.8 Å². The number of hydrogen-bond acceptors (Lipinski definition) is 5. The highest BCUT2D eigenvalue weighted by Gasteiger charge is 2.35. The third-order valence-electron chi connectivity index (χ3n) is 4.42. The van der Waals surface area contributed by atoms with Gasteiger partial charge in [0.1, 0.15) is 0 Å². The van der Waals surface area contributed by atoms with Crippen molar-refractivity contribution in [3.8, 4) is 0 Å². The molecule has 2 N–H and O–H groups in total. The van der Waals surface area contributed by atoms with Gasteiger partial charge in [0.15, 0.2) is 0 Å². The summed E-state index contributed by atoms with van der Waals surface area (Å²) >= 11 is 1.93. The molecule has 2 heterocycles. The Hall–Kier alpha value is 0.280. The minimum atomic E-state index is 0. The van der Waals surface area contributed by atoms with Crippen molar-refractivity contribution in [1.82, 2.24) is 15.5 Å². The standard InChI is InChI=1S/C14H27N3O2S.2ClH/c1-17(2)14(3-6-19-7-4-14)11-16-13(18)9-12-10-20-8-5-15-12;;/h12,15H,3-11H2,1-2H3,(H,16,18);2*1H. The lowest BCUT2D eigenvalue weighted by atomic mass is 9.88. The van der Waals surface area contributed by atoms with Crippen LogP contribution in [0.25, 0.3) is 0 Å². The lowest BCUT2D eigenvalue weighted by Crippen LogP contribution is -2.56. The van der Waals surface area contributed by atoms with E-state index >= 15 is 0 Å². The SMILES string of the molecule is CN(C)C1(CNC(=O)CC2CSCCN2)CCOCC1.Cl.Cl. The fraction of sp³-hybridized carbons (Fsp3) is 0.929. The summed E-state index contributed by atoms with van der Waals surface area (Å²) in [5, 5.41) is 6.54. The molecule has 1 atom stereocenters. The highest BCUT2D eigenvalue weighted by Crippen LogP contribution is 2.25. The number of ether oxygens (including phenoxy) is 1. The molecule has 2 fully saturated rings. The fourth-order valence-electron chi connectivity index (χ4n) is 2.84. The van der Waals surface area contributed by atoms with Gasteiger partial charge in [0.05, 0.1) is 0 Å². The summed E-state index contributed by atoms with van der Waals surface area (Å²) in [4.78, 5) is 14.3. The average molecular weight is 374 g/mol. The van der Waals surface area contributed by atoms with Gasteiger partial charge in [-0.05, 0) is 26.9 Å². The second kappa shape index (κ2) is 10.9. The molecule has 5 nitrogen and oxygen atoms in total. The Bertz CT molecular complexity index is 323. The van der Waals surface area contributed by atoms with E-state index in [1.54, 1.807) is 0 Å². The third kappa shape index (κ3) is 6.42. The molecule has 22 heavy (non-hydrogen) atoms. The summed E-state index contributed by atoms with van der Waals surface area (Å²) < 4.78 is 5.45. The number of carbonyl (C=O) groups is 1. The molecule has 1 amide bonds. The van der Waals surface area contributed by atoms with Crippen LogP contribution < -0.4 is 10.6 Å². The summed E-state index contributed by atoms with van der Waals surface area (Å²) in [5.41, 5.74) is 0.0582. The van der Waals surface area contributed by atoms with E-state index in [1.807, 2.05) is 11.8 Å². The van der Waals surface area contributed by atoms with Crippen LogP contribution in [0.1, 0.15) is 19.3 Å². The Morgan fingerprint density at radius 1 is 1.36 bits per heavy atom. The predicted molar refractivity (Wildman–Crippen MR) is 97.7 cm³/mol. The van der Waals surface area contributed by atoms with Crippen molar-refractivity contribution in [3.63, 3.8) is 0 Å². The van der Waals surface area contributed by atoms with Crippen LogP contribution in [0.3, 0.4) is 0 Å². The number of thioether (sulfide) groups is 1. The van der Waals surface area contributed by atoms with E-state index in [9.17, 15) is 4.79 Å². The largest absolute Gasteiger partial charge is 0.381 e. The van der Waals surface area contributed by atoms with Crippen LogP contribution in [-0.2, 0) is 9.53 Å². The molecule has 0 bridgehead atoms. The van der Waals surface area contributed by atoms with Gasteiger partial charge < -0.3 is 20.3 Å². The van der Waals surface area contributed by atoms with Crippen LogP contribution in [-0.4, -0.2) is 74.3 Å². The Morgan fingerprint density at radius 2 is 2.05 bits per heavy atom. The van der Waals surface area contributed by atoms with E-state index in [1.165, 1.54) is 0 Å². The first kappa shape index (κ1) is 22.3. The van der Waals surface area contributed by atoms with Gasteiger partial charge in [0.2, 0.25) is 5.91 Å². The molecular weight excluding hydrogens is 345 g/mol. The van der Waals surface area contributed by atoms with E-state index in [0.29, 0.717) is 12.5 Å². The molecule has 0 spiro atoms. The second-order valence-electron chi connectivity index (χ2n) is 5.94. The maximum absolute atomic E-state index is 12.1. The number of carbonyl (C=O) groups excluding carboxylic acids is 1. The highest BCUT2D eigenvalue weighted by molar-refractivity contribution is 7.99. The van der Waals surface area contributed by atoms with Gasteiger partial charge in [-0.1, -0.05) is 0 Å². The van der Waals surface area contributed by atoms with Crippen molar-refractivity contribution in [2.24, 2.45) is 0 Å². The molecule has 0 aromatic heterocycles. The number of amides is 1. The third-order valence-corrected chi connectivity index (χ3v) is 5.55. The van der Waals surface area contributed by atoms with Gasteiger partial charge >= 0.3 is 0 Å². The number of hydrogen-bond donors (Lipinski definition) is 2. The summed E-state index contributed by atoms with van der Waals surface area (Å²) in [6.07, 6.45) is 2.56. The summed E-state index contributed by atoms with van der Waals surface area (Å²) in [5.74, 6) is 2.36. The van der Waals surface area contributed by atoms with Crippen molar-refractivity contribution in [2.75, 3.05) is 51.9 Å². The molecule has 0 radical (unpaired) electrons. The van der Waals surface area contributed by atoms with Gasteiger partial charge in [0, 0.05) is 55.8 Å². The maximum atomic E-state index is 12.1. The molecule has 8 heteroatoms. The van der Waals surface area contributed by atoms with Gasteiger partial charge in [-0.2, -0.15) is 11.8 Å².